The minimum Gasteiger partial charge on any atom is -0.460 e. The number of furan rings is 1. The summed E-state index contributed by atoms with van der Waals surface area (Å²) < 4.78 is 6.04. The summed E-state index contributed by atoms with van der Waals surface area (Å²) in [6.07, 6.45) is 1.02. The van der Waals surface area contributed by atoms with Gasteiger partial charge in [-0.3, -0.25) is 9.69 Å². The molecular weight excluding hydrogens is 332 g/mol. The lowest BCUT2D eigenvalue weighted by Gasteiger charge is -2.20. The Hall–Kier alpha value is -2.11. The Kier molecular flexibility index (Phi) is 4.59. The van der Waals surface area contributed by atoms with Gasteiger partial charge in [0.05, 0.1) is 6.54 Å². The number of carbonyl (C=O) groups excluding carboxylic acids is 1. The van der Waals surface area contributed by atoms with Crippen LogP contribution in [0.4, 0.5) is 0 Å². The highest BCUT2D eigenvalue weighted by Gasteiger charge is 2.18. The van der Waals surface area contributed by atoms with E-state index in [1.807, 2.05) is 4.90 Å². The van der Waals surface area contributed by atoms with E-state index in [9.17, 15) is 4.79 Å². The van der Waals surface area contributed by atoms with Gasteiger partial charge in [0.25, 0.3) is 0 Å². The predicted molar refractivity (Wildman–Crippen MR) is 102 cm³/mol. The lowest BCUT2D eigenvalue weighted by Crippen LogP contribution is -2.33. The molecule has 0 saturated carbocycles. The second-order valence-electron chi connectivity index (χ2n) is 6.61. The van der Waals surface area contributed by atoms with Crippen LogP contribution in [0.2, 0.25) is 0 Å². The fourth-order valence-electron chi connectivity index (χ4n) is 3.45. The van der Waals surface area contributed by atoms with Gasteiger partial charge >= 0.3 is 0 Å². The van der Waals surface area contributed by atoms with Gasteiger partial charge in [-0.2, -0.15) is 11.3 Å². The molecule has 1 aromatic carbocycles. The number of amides is 1. The number of thiophene rings is 1. The number of benzene rings is 1. The summed E-state index contributed by atoms with van der Waals surface area (Å²) in [6.45, 7) is 6.01. The monoisotopic (exact) mass is 354 g/mol. The molecule has 1 aliphatic heterocycles. The molecule has 130 valence electrons. The molecule has 0 spiro atoms. The number of fused-ring (bicyclic) bond motifs is 1. The van der Waals surface area contributed by atoms with E-state index in [0.717, 1.165) is 55.9 Å². The standard InChI is InChI=1S/C20H22N2O2S/c1-15(23)22-7-2-6-21(8-9-22)13-19-12-18-11-16(3-4-20(18)24-19)17-5-10-25-14-17/h3-5,10-12,14H,2,6-9,13H2,1H3. The van der Waals surface area contributed by atoms with Crippen LogP contribution in [0.1, 0.15) is 19.1 Å². The molecule has 4 rings (SSSR count). The Bertz CT molecular complexity index is 869. The van der Waals surface area contributed by atoms with Crippen LogP contribution in [-0.2, 0) is 11.3 Å². The van der Waals surface area contributed by atoms with Crippen LogP contribution in [0.3, 0.4) is 0 Å². The second-order valence-corrected chi connectivity index (χ2v) is 7.39. The topological polar surface area (TPSA) is 36.7 Å². The number of rotatable bonds is 3. The van der Waals surface area contributed by atoms with Crippen molar-refractivity contribution in [1.29, 1.82) is 0 Å². The van der Waals surface area contributed by atoms with E-state index in [0.29, 0.717) is 0 Å². The van der Waals surface area contributed by atoms with E-state index in [-0.39, 0.29) is 5.91 Å². The molecule has 0 N–H and O–H groups in total. The van der Waals surface area contributed by atoms with Crippen molar-refractivity contribution in [2.75, 3.05) is 26.2 Å². The molecular formula is C20H22N2O2S. The average Bonchev–Trinajstić information content (AvgIpc) is 3.19. The third-order valence-corrected chi connectivity index (χ3v) is 5.52. The zero-order valence-corrected chi connectivity index (χ0v) is 15.2. The maximum Gasteiger partial charge on any atom is 0.219 e. The summed E-state index contributed by atoms with van der Waals surface area (Å²) in [5.41, 5.74) is 3.42. The quantitative estimate of drug-likeness (QED) is 0.707. The van der Waals surface area contributed by atoms with Gasteiger partial charge in [0.2, 0.25) is 5.91 Å². The van der Waals surface area contributed by atoms with Crippen LogP contribution in [0.25, 0.3) is 22.1 Å². The first-order valence-electron chi connectivity index (χ1n) is 8.72. The number of carbonyl (C=O) groups is 1. The number of hydrogen-bond donors (Lipinski definition) is 0. The molecule has 5 heteroatoms. The molecule has 0 aliphatic carbocycles. The molecule has 1 fully saturated rings. The fourth-order valence-corrected chi connectivity index (χ4v) is 4.11. The van der Waals surface area contributed by atoms with Crippen molar-refractivity contribution in [1.82, 2.24) is 9.80 Å². The van der Waals surface area contributed by atoms with Gasteiger partial charge in [-0.05, 0) is 52.6 Å². The molecule has 0 bridgehead atoms. The number of nitrogens with zero attached hydrogens (tertiary/aromatic N) is 2. The summed E-state index contributed by atoms with van der Waals surface area (Å²) in [7, 11) is 0. The van der Waals surface area contributed by atoms with Gasteiger partial charge in [-0.15, -0.1) is 0 Å². The summed E-state index contributed by atoms with van der Waals surface area (Å²) in [6, 6.07) is 10.7. The highest BCUT2D eigenvalue weighted by molar-refractivity contribution is 7.08. The first-order chi connectivity index (χ1) is 12.2. The molecule has 25 heavy (non-hydrogen) atoms. The molecule has 0 radical (unpaired) electrons. The molecule has 1 saturated heterocycles. The normalized spacial score (nSPS) is 16.3. The van der Waals surface area contributed by atoms with Crippen LogP contribution >= 0.6 is 11.3 Å². The summed E-state index contributed by atoms with van der Waals surface area (Å²) >= 11 is 1.71. The summed E-state index contributed by atoms with van der Waals surface area (Å²) in [5.74, 6) is 1.17. The molecule has 3 aromatic rings. The third-order valence-electron chi connectivity index (χ3n) is 4.84. The Balaban J connectivity index is 1.49. The van der Waals surface area contributed by atoms with Crippen molar-refractivity contribution < 1.29 is 9.21 Å². The van der Waals surface area contributed by atoms with Crippen LogP contribution in [-0.4, -0.2) is 41.9 Å². The van der Waals surface area contributed by atoms with Crippen LogP contribution in [0.5, 0.6) is 0 Å². The van der Waals surface area contributed by atoms with Crippen molar-refractivity contribution in [3.8, 4) is 11.1 Å². The minimum absolute atomic E-state index is 0.173. The van der Waals surface area contributed by atoms with Crippen LogP contribution in [0, 0.1) is 0 Å². The van der Waals surface area contributed by atoms with E-state index in [1.165, 1.54) is 11.1 Å². The Morgan fingerprint density at radius 3 is 2.84 bits per heavy atom. The SMILES string of the molecule is CC(=O)N1CCCN(Cc2cc3cc(-c4ccsc4)ccc3o2)CC1. The number of hydrogen-bond acceptors (Lipinski definition) is 4. The highest BCUT2D eigenvalue weighted by atomic mass is 32.1. The van der Waals surface area contributed by atoms with Gasteiger partial charge in [0.1, 0.15) is 11.3 Å². The molecule has 2 aromatic heterocycles. The van der Waals surface area contributed by atoms with Crippen molar-refractivity contribution in [3.05, 3.63) is 46.9 Å². The van der Waals surface area contributed by atoms with Crippen molar-refractivity contribution >= 4 is 28.2 Å². The molecule has 0 atom stereocenters. The second kappa shape index (κ2) is 7.02. The fraction of sp³-hybridized carbons (Fsp3) is 0.350. The average molecular weight is 354 g/mol. The molecule has 3 heterocycles. The van der Waals surface area contributed by atoms with Crippen molar-refractivity contribution in [2.45, 2.75) is 19.9 Å². The van der Waals surface area contributed by atoms with E-state index in [2.05, 4.69) is 46.0 Å². The molecule has 1 amide bonds. The lowest BCUT2D eigenvalue weighted by molar-refractivity contribution is -0.128. The van der Waals surface area contributed by atoms with E-state index in [4.69, 9.17) is 4.42 Å². The largest absolute Gasteiger partial charge is 0.460 e. The van der Waals surface area contributed by atoms with Gasteiger partial charge in [0, 0.05) is 38.5 Å². The van der Waals surface area contributed by atoms with E-state index < -0.39 is 0 Å². The van der Waals surface area contributed by atoms with E-state index >= 15 is 0 Å². The molecule has 0 unspecified atom stereocenters. The minimum atomic E-state index is 0.173. The van der Waals surface area contributed by atoms with Crippen LogP contribution < -0.4 is 0 Å². The van der Waals surface area contributed by atoms with Gasteiger partial charge in [-0.25, -0.2) is 0 Å². The van der Waals surface area contributed by atoms with Gasteiger partial charge < -0.3 is 9.32 Å². The maximum atomic E-state index is 11.6. The lowest BCUT2D eigenvalue weighted by atomic mass is 10.1. The first kappa shape index (κ1) is 16.4. The Morgan fingerprint density at radius 1 is 1.12 bits per heavy atom. The third kappa shape index (κ3) is 3.62. The maximum absolute atomic E-state index is 11.6. The Labute approximate surface area is 151 Å². The first-order valence-corrected chi connectivity index (χ1v) is 9.66. The van der Waals surface area contributed by atoms with Crippen LogP contribution in [0.15, 0.2) is 45.5 Å². The van der Waals surface area contributed by atoms with Gasteiger partial charge in [0.15, 0.2) is 0 Å². The molecule has 4 nitrogen and oxygen atoms in total. The van der Waals surface area contributed by atoms with Gasteiger partial charge in [-0.1, -0.05) is 6.07 Å². The zero-order valence-electron chi connectivity index (χ0n) is 14.4. The Morgan fingerprint density at radius 2 is 2.04 bits per heavy atom. The smallest absolute Gasteiger partial charge is 0.219 e. The highest BCUT2D eigenvalue weighted by Crippen LogP contribution is 2.28. The summed E-state index contributed by atoms with van der Waals surface area (Å²) in [4.78, 5) is 15.9. The van der Waals surface area contributed by atoms with E-state index in [1.54, 1.807) is 18.3 Å². The zero-order chi connectivity index (χ0) is 17.2. The molecule has 1 aliphatic rings. The van der Waals surface area contributed by atoms with Crippen molar-refractivity contribution in [2.24, 2.45) is 0 Å². The summed E-state index contributed by atoms with van der Waals surface area (Å²) in [5, 5.41) is 5.42. The predicted octanol–water partition coefficient (Wildman–Crippen LogP) is 4.22. The van der Waals surface area contributed by atoms with Crippen molar-refractivity contribution in [3.63, 3.8) is 0 Å².